The maximum atomic E-state index is 11.6. The molecule has 152 valence electrons. The minimum Gasteiger partial charge on any atom is -0.478 e. The van der Waals surface area contributed by atoms with Crippen molar-refractivity contribution in [1.29, 1.82) is 0 Å². The van der Waals surface area contributed by atoms with E-state index in [0.717, 1.165) is 6.08 Å². The molecular formula is C17H20N2O8S. The molecule has 5 atom stereocenters. The molecule has 0 radical (unpaired) electrons. The summed E-state index contributed by atoms with van der Waals surface area (Å²) in [5.41, 5.74) is 0. The zero-order valence-corrected chi connectivity index (χ0v) is 15.6. The Morgan fingerprint density at radius 3 is 2.79 bits per heavy atom. The number of carbonyl (C=O) groups is 2. The number of aromatic nitrogens is 1. The molecule has 0 bridgehead atoms. The summed E-state index contributed by atoms with van der Waals surface area (Å²) in [5.74, 6) is 3.07. The summed E-state index contributed by atoms with van der Waals surface area (Å²) < 4.78 is 10.8. The Balaban J connectivity index is 2.24. The Morgan fingerprint density at radius 2 is 2.21 bits per heavy atom. The van der Waals surface area contributed by atoms with Gasteiger partial charge in [-0.1, -0.05) is 5.92 Å². The van der Waals surface area contributed by atoms with Gasteiger partial charge in [0.25, 0.3) is 0 Å². The van der Waals surface area contributed by atoms with E-state index >= 15 is 0 Å². The van der Waals surface area contributed by atoms with Gasteiger partial charge in [-0.05, 0) is 12.0 Å². The number of ether oxygens (including phenoxy) is 2. The van der Waals surface area contributed by atoms with E-state index in [1.807, 2.05) is 0 Å². The SMILES string of the molecule is CC(=O)N[C@H]1[C@@H]([C@H](O)[C@H](O)CO)OC(C(=O)O)=C[C@H]1OCC#Cc1nccs1. The van der Waals surface area contributed by atoms with Gasteiger partial charge in [0.2, 0.25) is 11.7 Å². The maximum Gasteiger partial charge on any atom is 0.370 e. The van der Waals surface area contributed by atoms with Crippen LogP contribution in [0.2, 0.25) is 0 Å². The summed E-state index contributed by atoms with van der Waals surface area (Å²) in [6.07, 6.45) is -2.94. The summed E-state index contributed by atoms with van der Waals surface area (Å²) in [5, 5.41) is 43.2. The van der Waals surface area contributed by atoms with Gasteiger partial charge < -0.3 is 35.2 Å². The number of amides is 1. The second-order valence-corrected chi connectivity index (χ2v) is 6.69. The quantitative estimate of drug-likeness (QED) is 0.335. The fourth-order valence-electron chi connectivity index (χ4n) is 2.52. The Kier molecular flexibility index (Phi) is 7.91. The molecule has 0 aliphatic carbocycles. The lowest BCUT2D eigenvalue weighted by molar-refractivity contribution is -0.151. The average Bonchev–Trinajstić information content (AvgIpc) is 3.17. The fourth-order valence-corrected chi connectivity index (χ4v) is 3.02. The molecule has 0 unspecified atom stereocenters. The van der Waals surface area contributed by atoms with Crippen LogP contribution in [0.3, 0.4) is 0 Å². The maximum absolute atomic E-state index is 11.6. The highest BCUT2D eigenvalue weighted by Gasteiger charge is 2.44. The van der Waals surface area contributed by atoms with E-state index in [-0.39, 0.29) is 6.61 Å². The molecule has 1 aliphatic heterocycles. The van der Waals surface area contributed by atoms with Crippen molar-refractivity contribution >= 4 is 23.2 Å². The number of rotatable bonds is 7. The molecule has 28 heavy (non-hydrogen) atoms. The van der Waals surface area contributed by atoms with E-state index in [0.29, 0.717) is 5.01 Å². The van der Waals surface area contributed by atoms with Crippen LogP contribution in [0.25, 0.3) is 0 Å². The number of carbonyl (C=O) groups excluding carboxylic acids is 1. The molecule has 0 spiro atoms. The predicted molar refractivity (Wildman–Crippen MR) is 96.0 cm³/mol. The highest BCUT2D eigenvalue weighted by atomic mass is 32.1. The zero-order valence-electron chi connectivity index (χ0n) is 14.8. The van der Waals surface area contributed by atoms with Gasteiger partial charge in [0.15, 0.2) is 11.1 Å². The van der Waals surface area contributed by atoms with Gasteiger partial charge in [0, 0.05) is 18.5 Å². The number of nitrogens with zero attached hydrogens (tertiary/aromatic N) is 1. The van der Waals surface area contributed by atoms with E-state index in [2.05, 4.69) is 22.1 Å². The lowest BCUT2D eigenvalue weighted by atomic mass is 9.93. The Labute approximate surface area is 164 Å². The summed E-state index contributed by atoms with van der Waals surface area (Å²) in [4.78, 5) is 26.9. The molecule has 1 amide bonds. The van der Waals surface area contributed by atoms with Crippen LogP contribution in [0.15, 0.2) is 23.4 Å². The third-order valence-corrected chi connectivity index (χ3v) is 4.45. The first-order chi connectivity index (χ1) is 13.3. The number of nitrogens with one attached hydrogen (secondary N) is 1. The molecule has 2 rings (SSSR count). The first kappa shape index (κ1) is 21.8. The van der Waals surface area contributed by atoms with Gasteiger partial charge in [0.1, 0.15) is 24.9 Å². The van der Waals surface area contributed by atoms with Crippen molar-refractivity contribution in [3.63, 3.8) is 0 Å². The Morgan fingerprint density at radius 1 is 1.46 bits per heavy atom. The van der Waals surface area contributed by atoms with E-state index in [9.17, 15) is 24.9 Å². The van der Waals surface area contributed by atoms with Crippen molar-refractivity contribution in [2.75, 3.05) is 13.2 Å². The topological polar surface area (TPSA) is 158 Å². The molecular weight excluding hydrogens is 392 g/mol. The molecule has 11 heteroatoms. The predicted octanol–water partition coefficient (Wildman–Crippen LogP) is -1.53. The van der Waals surface area contributed by atoms with E-state index in [4.69, 9.17) is 14.6 Å². The number of aliphatic carboxylic acids is 1. The molecule has 0 saturated heterocycles. The van der Waals surface area contributed by atoms with Gasteiger partial charge in [0.05, 0.1) is 12.6 Å². The summed E-state index contributed by atoms with van der Waals surface area (Å²) in [6, 6.07) is -1.03. The zero-order chi connectivity index (χ0) is 20.7. The van der Waals surface area contributed by atoms with E-state index in [1.54, 1.807) is 11.6 Å². The van der Waals surface area contributed by atoms with Crippen LogP contribution < -0.4 is 5.32 Å². The van der Waals surface area contributed by atoms with Gasteiger partial charge in [-0.25, -0.2) is 9.78 Å². The first-order valence-electron chi connectivity index (χ1n) is 8.19. The second kappa shape index (κ2) is 10.2. The van der Waals surface area contributed by atoms with Crippen LogP contribution in [0.1, 0.15) is 11.9 Å². The molecule has 1 aromatic heterocycles. The fraction of sp³-hybridized carbons (Fsp3) is 0.471. The molecule has 0 saturated carbocycles. The number of hydrogen-bond acceptors (Lipinski definition) is 9. The van der Waals surface area contributed by atoms with Crippen LogP contribution in [0.5, 0.6) is 0 Å². The van der Waals surface area contributed by atoms with Crippen molar-refractivity contribution in [2.24, 2.45) is 0 Å². The van der Waals surface area contributed by atoms with Crippen molar-refractivity contribution in [1.82, 2.24) is 10.3 Å². The summed E-state index contributed by atoms with van der Waals surface area (Å²) in [6.45, 7) is 0.321. The molecule has 10 nitrogen and oxygen atoms in total. The molecule has 1 aliphatic rings. The molecule has 0 aromatic carbocycles. The minimum atomic E-state index is -1.68. The molecule has 1 aromatic rings. The highest BCUT2D eigenvalue weighted by Crippen LogP contribution is 2.24. The average molecular weight is 412 g/mol. The number of thiazole rings is 1. The number of aliphatic hydroxyl groups excluding tert-OH is 3. The number of carboxylic acid groups (broad SMARTS) is 1. The molecule has 0 fully saturated rings. The third-order valence-electron chi connectivity index (χ3n) is 3.76. The van der Waals surface area contributed by atoms with E-state index < -0.39 is 54.7 Å². The largest absolute Gasteiger partial charge is 0.478 e. The van der Waals surface area contributed by atoms with Crippen molar-refractivity contribution in [3.8, 4) is 11.8 Å². The van der Waals surface area contributed by atoms with Crippen molar-refractivity contribution in [3.05, 3.63) is 28.4 Å². The van der Waals surface area contributed by atoms with Crippen LogP contribution in [0, 0.1) is 11.8 Å². The Hall–Kier alpha value is -2.49. The lowest BCUT2D eigenvalue weighted by Crippen LogP contribution is -2.60. The summed E-state index contributed by atoms with van der Waals surface area (Å²) in [7, 11) is 0. The van der Waals surface area contributed by atoms with Crippen molar-refractivity contribution < 1.29 is 39.5 Å². The second-order valence-electron chi connectivity index (χ2n) is 5.80. The standard InChI is InChI=1S/C17H20N2O8S/c1-9(21)19-14-11(26-5-2-3-13-18-4-6-28-13)7-12(17(24)25)27-16(14)15(23)10(22)8-20/h4,6-7,10-11,14-16,20,22-23H,5,8H2,1H3,(H,19,21)(H,24,25)/t10-,11-,14-,15-,16+/m1/s1. The van der Waals surface area contributed by atoms with Crippen LogP contribution in [-0.4, -0.2) is 81.0 Å². The van der Waals surface area contributed by atoms with Crippen LogP contribution in [-0.2, 0) is 19.1 Å². The first-order valence-corrected chi connectivity index (χ1v) is 9.07. The molecule has 5 N–H and O–H groups in total. The normalized spacial score (nSPS) is 23.4. The number of aliphatic hydroxyl groups is 3. The van der Waals surface area contributed by atoms with Crippen molar-refractivity contribution in [2.45, 2.75) is 37.4 Å². The van der Waals surface area contributed by atoms with Gasteiger partial charge >= 0.3 is 5.97 Å². The monoisotopic (exact) mass is 412 g/mol. The van der Waals surface area contributed by atoms with Gasteiger partial charge in [-0.2, -0.15) is 0 Å². The number of hydrogen-bond donors (Lipinski definition) is 5. The highest BCUT2D eigenvalue weighted by molar-refractivity contribution is 7.10. The van der Waals surface area contributed by atoms with Crippen LogP contribution in [0.4, 0.5) is 0 Å². The van der Waals surface area contributed by atoms with Gasteiger partial charge in [-0.3, -0.25) is 4.79 Å². The molecule has 2 heterocycles. The lowest BCUT2D eigenvalue weighted by Gasteiger charge is -2.39. The van der Waals surface area contributed by atoms with E-state index in [1.165, 1.54) is 18.3 Å². The smallest absolute Gasteiger partial charge is 0.370 e. The van der Waals surface area contributed by atoms with Crippen LogP contribution >= 0.6 is 11.3 Å². The Bertz CT molecular complexity index is 770. The third kappa shape index (κ3) is 5.75. The van der Waals surface area contributed by atoms with Gasteiger partial charge in [-0.15, -0.1) is 11.3 Å². The summed E-state index contributed by atoms with van der Waals surface area (Å²) >= 11 is 1.34. The minimum absolute atomic E-state index is 0.116. The number of carboxylic acids is 1.